The summed E-state index contributed by atoms with van der Waals surface area (Å²) in [7, 11) is 0. The minimum atomic E-state index is -0.827. The van der Waals surface area contributed by atoms with Crippen LogP contribution < -0.4 is 0 Å². The number of ether oxygens (including phenoxy) is 2. The van der Waals surface area contributed by atoms with Crippen LogP contribution in [0.2, 0.25) is 0 Å². The summed E-state index contributed by atoms with van der Waals surface area (Å²) in [5, 5.41) is 0. The fraction of sp³-hybridized carbons (Fsp3) is 0.412. The number of hydrogen-bond donors (Lipinski definition) is 0. The summed E-state index contributed by atoms with van der Waals surface area (Å²) in [4.78, 5) is 0. The second-order valence-electron chi connectivity index (χ2n) is 10.3. The Morgan fingerprint density at radius 1 is 0.744 bits per heavy atom. The molecule has 4 rings (SSSR count). The largest absolute Gasteiger partial charge is 0.348 e. The molecule has 208 valence electrons. The summed E-state index contributed by atoms with van der Waals surface area (Å²) in [6, 6.07) is 15.4. The molecule has 1 aliphatic heterocycles. The maximum Gasteiger partial charge on any atom is 0.176 e. The van der Waals surface area contributed by atoms with Gasteiger partial charge in [0.2, 0.25) is 0 Å². The molecule has 1 fully saturated rings. The topological polar surface area (TPSA) is 18.5 Å². The quantitative estimate of drug-likeness (QED) is 0.169. The van der Waals surface area contributed by atoms with Crippen LogP contribution in [-0.2, 0) is 15.9 Å². The van der Waals surface area contributed by atoms with Crippen LogP contribution in [-0.4, -0.2) is 19.5 Å². The average Bonchev–Trinajstić information content (AvgIpc) is 2.95. The Balaban J connectivity index is 1.39. The van der Waals surface area contributed by atoms with Crippen LogP contribution >= 0.6 is 0 Å². The van der Waals surface area contributed by atoms with Crippen molar-refractivity contribution in [1.82, 2.24) is 0 Å². The van der Waals surface area contributed by atoms with E-state index in [9.17, 15) is 8.78 Å². The van der Waals surface area contributed by atoms with Crippen molar-refractivity contribution in [2.24, 2.45) is 0 Å². The second-order valence-corrected chi connectivity index (χ2v) is 10.3. The zero-order valence-corrected chi connectivity index (χ0v) is 23.0. The molecule has 2 nitrogen and oxygen atoms in total. The summed E-state index contributed by atoms with van der Waals surface area (Å²) in [6.45, 7) is 5.02. The first kappa shape index (κ1) is 29.1. The Morgan fingerprint density at radius 2 is 1.36 bits per heavy atom. The molecule has 3 aromatic rings. The van der Waals surface area contributed by atoms with E-state index < -0.39 is 11.6 Å². The Bertz CT molecular complexity index is 1230. The normalized spacial score (nSPS) is 17.7. The molecule has 39 heavy (non-hydrogen) atoms. The van der Waals surface area contributed by atoms with E-state index in [2.05, 4.69) is 6.92 Å². The number of rotatable bonds is 12. The van der Waals surface area contributed by atoms with Crippen LogP contribution in [0, 0.1) is 17.5 Å². The number of halogens is 3. The number of benzene rings is 3. The number of hydrogen-bond acceptors (Lipinski definition) is 2. The summed E-state index contributed by atoms with van der Waals surface area (Å²) >= 11 is 0. The summed E-state index contributed by atoms with van der Waals surface area (Å²) in [6.07, 6.45) is 11.9. The lowest BCUT2D eigenvalue weighted by atomic mass is 9.94. The smallest absolute Gasteiger partial charge is 0.176 e. The minimum Gasteiger partial charge on any atom is -0.348 e. The molecule has 0 bridgehead atoms. The van der Waals surface area contributed by atoms with Gasteiger partial charge in [-0.05, 0) is 54.2 Å². The molecule has 1 aliphatic rings. The molecular formula is C34H39F3O2. The maximum atomic E-state index is 15.1. The predicted molar refractivity (Wildman–Crippen MR) is 152 cm³/mol. The fourth-order valence-electron chi connectivity index (χ4n) is 5.11. The molecule has 0 amide bonds. The van der Waals surface area contributed by atoms with Gasteiger partial charge in [0.15, 0.2) is 17.9 Å². The van der Waals surface area contributed by atoms with Crippen molar-refractivity contribution in [3.8, 4) is 22.3 Å². The van der Waals surface area contributed by atoms with Crippen molar-refractivity contribution in [2.45, 2.75) is 77.4 Å². The lowest BCUT2D eigenvalue weighted by Gasteiger charge is -2.28. The van der Waals surface area contributed by atoms with E-state index >= 15 is 4.39 Å². The monoisotopic (exact) mass is 536 g/mol. The number of unbranched alkanes of at least 4 members (excludes halogenated alkanes) is 6. The molecule has 0 aromatic heterocycles. The van der Waals surface area contributed by atoms with E-state index in [4.69, 9.17) is 9.47 Å². The Labute approximate surface area is 230 Å². The third kappa shape index (κ3) is 7.61. The van der Waals surface area contributed by atoms with Gasteiger partial charge in [-0.15, -0.1) is 0 Å². The molecule has 1 heterocycles. The van der Waals surface area contributed by atoms with Gasteiger partial charge in [-0.2, -0.15) is 0 Å². The number of aryl methyl sites for hydroxylation is 1. The highest BCUT2D eigenvalue weighted by Gasteiger charge is 2.23. The lowest BCUT2D eigenvalue weighted by molar-refractivity contribution is -0.159. The minimum absolute atomic E-state index is 0.0379. The molecule has 0 saturated carbocycles. The average molecular weight is 537 g/mol. The second kappa shape index (κ2) is 14.5. The maximum absolute atomic E-state index is 15.1. The van der Waals surface area contributed by atoms with Crippen LogP contribution in [0.1, 0.15) is 75.8 Å². The molecule has 0 unspecified atom stereocenters. The Morgan fingerprint density at radius 3 is 2.00 bits per heavy atom. The predicted octanol–water partition coefficient (Wildman–Crippen LogP) is 9.76. The first-order chi connectivity index (χ1) is 19.0. The highest BCUT2D eigenvalue weighted by atomic mass is 19.2. The van der Waals surface area contributed by atoms with E-state index in [0.29, 0.717) is 41.9 Å². The Kier molecular flexibility index (Phi) is 10.8. The van der Waals surface area contributed by atoms with E-state index in [-0.39, 0.29) is 23.6 Å². The molecule has 0 spiro atoms. The third-order valence-electron chi connectivity index (χ3n) is 7.46. The van der Waals surface area contributed by atoms with Gasteiger partial charge < -0.3 is 9.47 Å². The van der Waals surface area contributed by atoms with Crippen molar-refractivity contribution < 1.29 is 22.6 Å². The lowest BCUT2D eigenvalue weighted by Crippen LogP contribution is -2.29. The first-order valence-corrected chi connectivity index (χ1v) is 14.2. The van der Waals surface area contributed by atoms with Gasteiger partial charge in [0, 0.05) is 17.0 Å². The van der Waals surface area contributed by atoms with Crippen molar-refractivity contribution >= 4 is 0 Å². The zero-order valence-electron chi connectivity index (χ0n) is 23.0. The molecular weight excluding hydrogens is 497 g/mol. The highest BCUT2D eigenvalue weighted by Crippen LogP contribution is 2.32. The van der Waals surface area contributed by atoms with Crippen LogP contribution in [0.15, 0.2) is 66.7 Å². The van der Waals surface area contributed by atoms with E-state index in [1.165, 1.54) is 31.7 Å². The molecule has 1 saturated heterocycles. The zero-order chi connectivity index (χ0) is 27.6. The third-order valence-corrected chi connectivity index (χ3v) is 7.46. The van der Waals surface area contributed by atoms with Crippen LogP contribution in [0.3, 0.4) is 0 Å². The molecule has 0 aliphatic carbocycles. The molecule has 0 N–H and O–H groups in total. The highest BCUT2D eigenvalue weighted by molar-refractivity contribution is 5.71. The van der Waals surface area contributed by atoms with Crippen LogP contribution in [0.25, 0.3) is 22.3 Å². The standard InChI is InChI=1S/C34H39F3O2/c1-3-5-6-7-8-9-10-12-26-17-20-30(34(37)33(26)36)25-15-13-24(14-16-25)29-19-18-27(21-31(29)35)28-22-38-32(11-4-2)39-23-28/h4,11,13-21,28,32H,3,5-10,12,22-23H2,1-2H3. The van der Waals surface area contributed by atoms with Gasteiger partial charge in [0.05, 0.1) is 13.2 Å². The van der Waals surface area contributed by atoms with Crippen molar-refractivity contribution in [2.75, 3.05) is 13.2 Å². The van der Waals surface area contributed by atoms with Crippen LogP contribution in [0.4, 0.5) is 13.2 Å². The van der Waals surface area contributed by atoms with Gasteiger partial charge in [-0.1, -0.05) is 100 Å². The summed E-state index contributed by atoms with van der Waals surface area (Å²) in [5.41, 5.74) is 3.14. The molecule has 0 radical (unpaired) electrons. The van der Waals surface area contributed by atoms with Gasteiger partial charge in [0.25, 0.3) is 0 Å². The van der Waals surface area contributed by atoms with Crippen molar-refractivity contribution in [1.29, 1.82) is 0 Å². The first-order valence-electron chi connectivity index (χ1n) is 14.2. The van der Waals surface area contributed by atoms with E-state index in [1.807, 2.05) is 25.1 Å². The van der Waals surface area contributed by atoms with Gasteiger partial charge in [0.1, 0.15) is 5.82 Å². The summed E-state index contributed by atoms with van der Waals surface area (Å²) < 4.78 is 56.2. The van der Waals surface area contributed by atoms with Gasteiger partial charge >= 0.3 is 0 Å². The molecule has 0 atom stereocenters. The van der Waals surface area contributed by atoms with Gasteiger partial charge in [-0.25, -0.2) is 13.2 Å². The van der Waals surface area contributed by atoms with Crippen LogP contribution in [0.5, 0.6) is 0 Å². The Hall–Kier alpha value is -2.89. The fourth-order valence-corrected chi connectivity index (χ4v) is 5.11. The van der Waals surface area contributed by atoms with Crippen molar-refractivity contribution in [3.63, 3.8) is 0 Å². The summed E-state index contributed by atoms with van der Waals surface area (Å²) in [5.74, 6) is -1.98. The molecule has 5 heteroatoms. The number of allylic oxidation sites excluding steroid dienone is 1. The van der Waals surface area contributed by atoms with Gasteiger partial charge in [-0.3, -0.25) is 0 Å². The SMILES string of the molecule is CC=CC1OCC(c2ccc(-c3ccc(-c4ccc(CCCCCCCCC)c(F)c4F)cc3)c(F)c2)CO1. The molecule has 3 aromatic carbocycles. The van der Waals surface area contributed by atoms with E-state index in [1.54, 1.807) is 42.5 Å². The van der Waals surface area contributed by atoms with E-state index in [0.717, 1.165) is 24.8 Å². The van der Waals surface area contributed by atoms with Crippen molar-refractivity contribution in [3.05, 3.63) is 95.3 Å².